The summed E-state index contributed by atoms with van der Waals surface area (Å²) in [4.78, 5) is 11.7. The third-order valence-corrected chi connectivity index (χ3v) is 4.57. The lowest BCUT2D eigenvalue weighted by Crippen LogP contribution is -2.30. The van der Waals surface area contributed by atoms with E-state index in [1.54, 1.807) is 0 Å². The van der Waals surface area contributed by atoms with Crippen LogP contribution in [-0.4, -0.2) is 22.0 Å². The summed E-state index contributed by atoms with van der Waals surface area (Å²) in [6.45, 7) is 0. The number of carboxylic acids is 1. The summed E-state index contributed by atoms with van der Waals surface area (Å²) in [7, 11) is 0. The maximum absolute atomic E-state index is 11.7. The lowest BCUT2D eigenvalue weighted by molar-refractivity contribution is -0.142. The van der Waals surface area contributed by atoms with Crippen molar-refractivity contribution in [3.63, 3.8) is 0 Å². The van der Waals surface area contributed by atoms with Crippen LogP contribution in [0.2, 0.25) is 0 Å². The molecule has 0 radical (unpaired) electrons. The number of oxime groups is 1. The fourth-order valence-electron chi connectivity index (χ4n) is 3.73. The van der Waals surface area contributed by atoms with Gasteiger partial charge in [0.05, 0.1) is 11.6 Å². The normalized spacial score (nSPS) is 23.7. The molecular formula is C17H13NO3. The molecule has 104 valence electrons. The van der Waals surface area contributed by atoms with Crippen LogP contribution >= 0.6 is 0 Å². The summed E-state index contributed by atoms with van der Waals surface area (Å²) in [5.41, 5.74) is 5.52. The molecule has 2 aromatic carbocycles. The van der Waals surface area contributed by atoms with Crippen LogP contribution in [0.15, 0.2) is 47.6 Å². The summed E-state index contributed by atoms with van der Waals surface area (Å²) in [5, 5.41) is 22.2. The number of carbonyl (C=O) groups is 1. The molecule has 2 N–H and O–H groups in total. The van der Waals surface area contributed by atoms with E-state index in [1.807, 2.05) is 42.5 Å². The van der Waals surface area contributed by atoms with Gasteiger partial charge in [0.25, 0.3) is 0 Å². The fourth-order valence-corrected chi connectivity index (χ4v) is 3.73. The summed E-state index contributed by atoms with van der Waals surface area (Å²) in [5.74, 6) is -1.60. The van der Waals surface area contributed by atoms with E-state index in [9.17, 15) is 15.1 Å². The maximum atomic E-state index is 11.7. The number of hydrogen-bond acceptors (Lipinski definition) is 3. The molecule has 0 aromatic heterocycles. The third kappa shape index (κ3) is 1.50. The highest BCUT2D eigenvalue weighted by molar-refractivity contribution is 6.08. The van der Waals surface area contributed by atoms with Crippen LogP contribution in [0.3, 0.4) is 0 Å². The Morgan fingerprint density at radius 1 is 1.05 bits per heavy atom. The van der Waals surface area contributed by atoms with Crippen LogP contribution < -0.4 is 0 Å². The van der Waals surface area contributed by atoms with E-state index in [0.29, 0.717) is 5.71 Å². The monoisotopic (exact) mass is 279 g/mol. The zero-order valence-electron chi connectivity index (χ0n) is 11.2. The van der Waals surface area contributed by atoms with Gasteiger partial charge < -0.3 is 10.3 Å². The van der Waals surface area contributed by atoms with E-state index < -0.39 is 11.9 Å². The zero-order valence-corrected chi connectivity index (χ0v) is 11.2. The average Bonchev–Trinajstić information content (AvgIpc) is 2.85. The van der Waals surface area contributed by atoms with E-state index in [2.05, 4.69) is 5.16 Å². The topological polar surface area (TPSA) is 69.9 Å². The van der Waals surface area contributed by atoms with Gasteiger partial charge in [-0.15, -0.1) is 0 Å². The van der Waals surface area contributed by atoms with Gasteiger partial charge in [-0.3, -0.25) is 4.79 Å². The highest BCUT2D eigenvalue weighted by Crippen LogP contribution is 2.53. The van der Waals surface area contributed by atoms with Crippen LogP contribution in [-0.2, 0) is 4.79 Å². The summed E-state index contributed by atoms with van der Waals surface area (Å²) in [6, 6.07) is 13.8. The largest absolute Gasteiger partial charge is 0.481 e. The van der Waals surface area contributed by atoms with E-state index in [-0.39, 0.29) is 12.3 Å². The lowest BCUT2D eigenvalue weighted by atomic mass is 9.73. The van der Waals surface area contributed by atoms with Crippen LogP contribution in [0, 0.1) is 5.92 Å². The van der Waals surface area contributed by atoms with E-state index in [1.165, 1.54) is 0 Å². The van der Waals surface area contributed by atoms with Crippen molar-refractivity contribution in [2.24, 2.45) is 11.1 Å². The quantitative estimate of drug-likeness (QED) is 0.622. The minimum Gasteiger partial charge on any atom is -0.481 e. The molecule has 0 unspecified atom stereocenters. The Hall–Kier alpha value is -2.62. The SMILES string of the molecule is O=C(O)[C@@H]1C/C(=N\O)c2cccc3c2[C@@H]1c1ccccc1-3. The molecule has 0 spiro atoms. The third-order valence-electron chi connectivity index (χ3n) is 4.57. The van der Waals surface area contributed by atoms with Gasteiger partial charge in [-0.25, -0.2) is 0 Å². The van der Waals surface area contributed by atoms with E-state index >= 15 is 0 Å². The van der Waals surface area contributed by atoms with Crippen molar-refractivity contribution >= 4 is 11.7 Å². The Kier molecular flexibility index (Phi) is 2.42. The second-order valence-corrected chi connectivity index (χ2v) is 5.53. The Morgan fingerprint density at radius 3 is 2.52 bits per heavy atom. The van der Waals surface area contributed by atoms with Gasteiger partial charge >= 0.3 is 5.97 Å². The molecule has 4 rings (SSSR count). The molecule has 2 aromatic rings. The highest BCUT2D eigenvalue weighted by atomic mass is 16.4. The Labute approximate surface area is 121 Å². The van der Waals surface area contributed by atoms with Gasteiger partial charge in [0, 0.05) is 17.9 Å². The number of hydrogen-bond donors (Lipinski definition) is 2. The number of carboxylic acid groups (broad SMARTS) is 1. The molecule has 0 amide bonds. The molecule has 0 saturated heterocycles. The summed E-state index contributed by atoms with van der Waals surface area (Å²) < 4.78 is 0. The van der Waals surface area contributed by atoms with Gasteiger partial charge in [0.1, 0.15) is 0 Å². The smallest absolute Gasteiger partial charge is 0.307 e. The predicted molar refractivity (Wildman–Crippen MR) is 77.8 cm³/mol. The fraction of sp³-hybridized carbons (Fsp3) is 0.176. The number of fused-ring (bicyclic) bond motifs is 3. The van der Waals surface area contributed by atoms with E-state index in [0.717, 1.165) is 27.8 Å². The summed E-state index contributed by atoms with van der Waals surface area (Å²) >= 11 is 0. The Morgan fingerprint density at radius 2 is 1.76 bits per heavy atom. The molecule has 4 heteroatoms. The van der Waals surface area contributed by atoms with Gasteiger partial charge in [0.15, 0.2) is 0 Å². The first-order valence-corrected chi connectivity index (χ1v) is 6.88. The van der Waals surface area contributed by atoms with Crippen molar-refractivity contribution < 1.29 is 15.1 Å². The number of rotatable bonds is 1. The molecule has 0 aliphatic heterocycles. The van der Waals surface area contributed by atoms with Crippen molar-refractivity contribution in [1.82, 2.24) is 0 Å². The predicted octanol–water partition coefficient (Wildman–Crippen LogP) is 3.08. The van der Waals surface area contributed by atoms with Crippen LogP contribution in [0.4, 0.5) is 0 Å². The van der Waals surface area contributed by atoms with Crippen molar-refractivity contribution in [2.45, 2.75) is 12.3 Å². The molecule has 2 aliphatic rings. The second-order valence-electron chi connectivity index (χ2n) is 5.53. The first kappa shape index (κ1) is 12.1. The number of nitrogens with zero attached hydrogens (tertiary/aromatic N) is 1. The van der Waals surface area contributed by atoms with Gasteiger partial charge in [-0.1, -0.05) is 47.6 Å². The Balaban J connectivity index is 2.07. The molecule has 2 aliphatic carbocycles. The maximum Gasteiger partial charge on any atom is 0.307 e. The van der Waals surface area contributed by atoms with Crippen molar-refractivity contribution in [2.75, 3.05) is 0 Å². The average molecular weight is 279 g/mol. The van der Waals surface area contributed by atoms with Gasteiger partial charge in [0.2, 0.25) is 0 Å². The molecule has 4 nitrogen and oxygen atoms in total. The molecule has 21 heavy (non-hydrogen) atoms. The standard InChI is InChI=1S/C17H13NO3/c19-17(20)13-8-14(18-21)12-7-3-6-11-9-4-1-2-5-10(9)16(13)15(11)12/h1-7,13,16,21H,8H2,(H,19,20)/b18-14+/t13-,16-/m1/s1. The van der Waals surface area contributed by atoms with Gasteiger partial charge in [-0.2, -0.15) is 0 Å². The molecular weight excluding hydrogens is 266 g/mol. The first-order chi connectivity index (χ1) is 10.2. The second kappa shape index (κ2) is 4.19. The van der Waals surface area contributed by atoms with Gasteiger partial charge in [-0.05, 0) is 22.3 Å². The molecule has 0 saturated carbocycles. The van der Waals surface area contributed by atoms with Crippen molar-refractivity contribution in [3.05, 3.63) is 59.2 Å². The number of aliphatic carboxylic acids is 1. The minimum atomic E-state index is -0.849. The molecule has 2 atom stereocenters. The van der Waals surface area contributed by atoms with Crippen molar-refractivity contribution in [1.29, 1.82) is 0 Å². The molecule has 0 fully saturated rings. The van der Waals surface area contributed by atoms with Crippen LogP contribution in [0.25, 0.3) is 11.1 Å². The van der Waals surface area contributed by atoms with Crippen molar-refractivity contribution in [3.8, 4) is 11.1 Å². The minimum absolute atomic E-state index is 0.157. The highest BCUT2D eigenvalue weighted by Gasteiger charge is 2.44. The van der Waals surface area contributed by atoms with E-state index in [4.69, 9.17) is 0 Å². The number of benzene rings is 2. The molecule has 0 bridgehead atoms. The summed E-state index contributed by atoms with van der Waals surface area (Å²) in [6.07, 6.45) is 0.251. The molecule has 0 heterocycles. The Bertz CT molecular complexity index is 794. The zero-order chi connectivity index (χ0) is 14.6. The first-order valence-electron chi connectivity index (χ1n) is 6.88. The van der Waals surface area contributed by atoms with Crippen LogP contribution in [0.5, 0.6) is 0 Å². The lowest BCUT2D eigenvalue weighted by Gasteiger charge is -2.29. The van der Waals surface area contributed by atoms with Crippen LogP contribution in [0.1, 0.15) is 29.0 Å².